The van der Waals surface area contributed by atoms with Crippen molar-refractivity contribution in [2.75, 3.05) is 18.4 Å². The third-order valence-electron chi connectivity index (χ3n) is 4.63. The van der Waals surface area contributed by atoms with Crippen molar-refractivity contribution in [3.05, 3.63) is 42.4 Å². The number of ether oxygens (including phenoxy) is 1. The summed E-state index contributed by atoms with van der Waals surface area (Å²) in [5.41, 5.74) is 0.447. The Morgan fingerprint density at radius 1 is 1.30 bits per heavy atom. The molecule has 1 saturated heterocycles. The number of rotatable bonds is 4. The fourth-order valence-electron chi connectivity index (χ4n) is 3.29. The number of benzene rings is 1. The number of hydrogen-bond donors (Lipinski definition) is 1. The molecule has 0 bridgehead atoms. The number of alkyl halides is 3. The average molecular weight is 439 g/mol. The van der Waals surface area contributed by atoms with E-state index in [0.29, 0.717) is 29.6 Å². The van der Waals surface area contributed by atoms with Gasteiger partial charge in [-0.1, -0.05) is 11.3 Å². The number of amides is 2. The van der Waals surface area contributed by atoms with Gasteiger partial charge in [-0.3, -0.25) is 9.59 Å². The number of carbonyl (C=O) groups is 2. The van der Waals surface area contributed by atoms with Gasteiger partial charge >= 0.3 is 6.36 Å². The highest BCUT2D eigenvalue weighted by Crippen LogP contribution is 2.32. The summed E-state index contributed by atoms with van der Waals surface area (Å²) in [5, 5.41) is 2.98. The lowest BCUT2D eigenvalue weighted by Gasteiger charge is -2.31. The average Bonchev–Trinajstić information content (AvgIpc) is 3.35. The molecule has 2 aromatic heterocycles. The molecule has 4 rings (SSSR count). The van der Waals surface area contributed by atoms with E-state index in [0.717, 1.165) is 11.3 Å². The monoisotopic (exact) mass is 439 g/mol. The number of piperidine rings is 1. The first-order valence-corrected chi connectivity index (χ1v) is 9.90. The summed E-state index contributed by atoms with van der Waals surface area (Å²) in [6.45, 7) is 0.784. The number of nitrogens with zero attached hydrogens (tertiary/aromatic N) is 2. The van der Waals surface area contributed by atoms with Crippen molar-refractivity contribution in [3.8, 4) is 5.75 Å². The normalized spacial score (nSPS) is 17.2. The minimum atomic E-state index is -4.78. The number of likely N-dealkylation sites (tertiary alicyclic amines) is 1. The fourth-order valence-corrected chi connectivity index (χ4v) is 4.19. The second-order valence-electron chi connectivity index (χ2n) is 6.75. The van der Waals surface area contributed by atoms with Crippen LogP contribution in [0.25, 0.3) is 10.2 Å². The summed E-state index contributed by atoms with van der Waals surface area (Å²) < 4.78 is 46.6. The van der Waals surface area contributed by atoms with Crippen molar-refractivity contribution in [3.63, 3.8) is 0 Å². The quantitative estimate of drug-likeness (QED) is 0.656. The molecule has 30 heavy (non-hydrogen) atoms. The SMILES string of the molecule is O=C(Nc1nc2ccc(OC(F)(F)F)cc2s1)[C@H]1CCCN(C(=O)c2ccco2)C1. The minimum absolute atomic E-state index is 0.221. The number of furan rings is 1. The van der Waals surface area contributed by atoms with Gasteiger partial charge < -0.3 is 19.4 Å². The Kier molecular flexibility index (Phi) is 5.37. The maximum atomic E-state index is 12.7. The van der Waals surface area contributed by atoms with Crippen LogP contribution in [-0.2, 0) is 4.79 Å². The van der Waals surface area contributed by atoms with Crippen LogP contribution in [0.2, 0.25) is 0 Å². The number of halogens is 3. The summed E-state index contributed by atoms with van der Waals surface area (Å²) >= 11 is 1.05. The van der Waals surface area contributed by atoms with Crippen molar-refractivity contribution in [1.82, 2.24) is 9.88 Å². The number of aromatic nitrogens is 1. The molecule has 7 nitrogen and oxygen atoms in total. The van der Waals surface area contributed by atoms with Crippen LogP contribution < -0.4 is 10.1 Å². The van der Waals surface area contributed by atoms with E-state index in [1.54, 1.807) is 17.0 Å². The standard InChI is InChI=1S/C19H16F3N3O4S/c20-19(21,22)29-12-5-6-13-15(9-12)30-18(23-13)24-16(26)11-3-1-7-25(10-11)17(27)14-4-2-8-28-14/h2,4-6,8-9,11H,1,3,7,10H2,(H,23,24,26)/t11-/m0/s1. The third kappa shape index (κ3) is 4.56. The molecule has 1 atom stereocenters. The molecule has 0 aliphatic carbocycles. The Hall–Kier alpha value is -3.08. The van der Waals surface area contributed by atoms with Gasteiger partial charge in [0.05, 0.1) is 22.4 Å². The minimum Gasteiger partial charge on any atom is -0.459 e. The van der Waals surface area contributed by atoms with Crippen LogP contribution in [-0.4, -0.2) is 41.2 Å². The van der Waals surface area contributed by atoms with Crippen LogP contribution >= 0.6 is 11.3 Å². The summed E-state index contributed by atoms with van der Waals surface area (Å²) in [5.74, 6) is -1.11. The number of nitrogens with one attached hydrogen (secondary N) is 1. The molecule has 11 heteroatoms. The van der Waals surface area contributed by atoms with E-state index in [9.17, 15) is 22.8 Å². The van der Waals surface area contributed by atoms with Gasteiger partial charge in [0.25, 0.3) is 5.91 Å². The first-order chi connectivity index (χ1) is 14.3. The lowest BCUT2D eigenvalue weighted by Crippen LogP contribution is -2.43. The first-order valence-electron chi connectivity index (χ1n) is 9.08. The van der Waals surface area contributed by atoms with E-state index in [1.807, 2.05) is 0 Å². The molecule has 3 aromatic rings. The molecule has 158 valence electrons. The molecule has 1 N–H and O–H groups in total. The van der Waals surface area contributed by atoms with Gasteiger partial charge in [0.1, 0.15) is 5.75 Å². The zero-order valence-electron chi connectivity index (χ0n) is 15.4. The van der Waals surface area contributed by atoms with Gasteiger partial charge in [-0.25, -0.2) is 4.98 Å². The van der Waals surface area contributed by atoms with Crippen LogP contribution in [0, 0.1) is 5.92 Å². The third-order valence-corrected chi connectivity index (χ3v) is 5.57. The van der Waals surface area contributed by atoms with Crippen LogP contribution in [0.15, 0.2) is 41.0 Å². The lowest BCUT2D eigenvalue weighted by atomic mass is 9.97. The van der Waals surface area contributed by atoms with Crippen molar-refractivity contribution in [1.29, 1.82) is 0 Å². The smallest absolute Gasteiger partial charge is 0.459 e. The molecule has 0 radical (unpaired) electrons. The zero-order chi connectivity index (χ0) is 21.3. The number of fused-ring (bicyclic) bond motifs is 1. The number of carbonyl (C=O) groups excluding carboxylic acids is 2. The van der Waals surface area contributed by atoms with E-state index in [-0.39, 0.29) is 35.0 Å². The highest BCUT2D eigenvalue weighted by atomic mass is 32.1. The first kappa shape index (κ1) is 20.2. The Bertz CT molecular complexity index is 1060. The van der Waals surface area contributed by atoms with E-state index in [4.69, 9.17) is 4.42 Å². The Balaban J connectivity index is 1.42. The summed E-state index contributed by atoms with van der Waals surface area (Å²) in [4.78, 5) is 30.9. The summed E-state index contributed by atoms with van der Waals surface area (Å²) in [6.07, 6.45) is -2.08. The zero-order valence-corrected chi connectivity index (χ0v) is 16.3. The van der Waals surface area contributed by atoms with Crippen molar-refractivity contribution in [2.24, 2.45) is 5.92 Å². The van der Waals surface area contributed by atoms with E-state index in [2.05, 4.69) is 15.0 Å². The van der Waals surface area contributed by atoms with Crippen molar-refractivity contribution in [2.45, 2.75) is 19.2 Å². The van der Waals surface area contributed by atoms with Gasteiger partial charge in [0.15, 0.2) is 10.9 Å². The Morgan fingerprint density at radius 3 is 2.87 bits per heavy atom. The largest absolute Gasteiger partial charge is 0.573 e. The van der Waals surface area contributed by atoms with Crippen LogP contribution in [0.1, 0.15) is 23.4 Å². The van der Waals surface area contributed by atoms with Gasteiger partial charge in [0.2, 0.25) is 5.91 Å². The molecule has 0 saturated carbocycles. The Morgan fingerprint density at radius 2 is 2.13 bits per heavy atom. The predicted molar refractivity (Wildman–Crippen MR) is 102 cm³/mol. The molecule has 3 heterocycles. The van der Waals surface area contributed by atoms with Crippen LogP contribution in [0.4, 0.5) is 18.3 Å². The summed E-state index contributed by atoms with van der Waals surface area (Å²) in [6, 6.07) is 6.98. The fraction of sp³-hybridized carbons (Fsp3) is 0.316. The number of thiazole rings is 1. The van der Waals surface area contributed by atoms with Crippen LogP contribution in [0.5, 0.6) is 5.75 Å². The highest BCUT2D eigenvalue weighted by molar-refractivity contribution is 7.22. The Labute approximate surface area is 172 Å². The molecular weight excluding hydrogens is 423 g/mol. The molecule has 1 fully saturated rings. The molecule has 2 amide bonds. The highest BCUT2D eigenvalue weighted by Gasteiger charge is 2.32. The van der Waals surface area contributed by atoms with Gasteiger partial charge in [-0.15, -0.1) is 13.2 Å². The second-order valence-corrected chi connectivity index (χ2v) is 7.78. The van der Waals surface area contributed by atoms with E-state index in [1.165, 1.54) is 24.5 Å². The lowest BCUT2D eigenvalue weighted by molar-refractivity contribution is -0.274. The molecule has 0 unspecified atom stereocenters. The van der Waals surface area contributed by atoms with Gasteiger partial charge in [-0.2, -0.15) is 0 Å². The molecule has 1 aliphatic rings. The van der Waals surface area contributed by atoms with E-state index >= 15 is 0 Å². The van der Waals surface area contributed by atoms with Gasteiger partial charge in [0, 0.05) is 19.2 Å². The van der Waals surface area contributed by atoms with E-state index < -0.39 is 12.3 Å². The molecular formula is C19H16F3N3O4S. The maximum Gasteiger partial charge on any atom is 0.573 e. The van der Waals surface area contributed by atoms with Crippen molar-refractivity contribution < 1.29 is 31.9 Å². The number of anilines is 1. The van der Waals surface area contributed by atoms with Crippen LogP contribution in [0.3, 0.4) is 0 Å². The topological polar surface area (TPSA) is 84.7 Å². The molecule has 1 aromatic carbocycles. The molecule has 0 spiro atoms. The predicted octanol–water partition coefficient (Wildman–Crippen LogP) is 4.28. The summed E-state index contributed by atoms with van der Waals surface area (Å²) in [7, 11) is 0. The second kappa shape index (κ2) is 7.98. The van der Waals surface area contributed by atoms with Crippen molar-refractivity contribution >= 4 is 38.5 Å². The maximum absolute atomic E-state index is 12.7. The molecule has 1 aliphatic heterocycles. The van der Waals surface area contributed by atoms with Gasteiger partial charge in [-0.05, 0) is 37.1 Å². The number of hydrogen-bond acceptors (Lipinski definition) is 6.